The van der Waals surface area contributed by atoms with Crippen molar-refractivity contribution in [1.29, 1.82) is 0 Å². The van der Waals surface area contributed by atoms with E-state index in [4.69, 9.17) is 4.74 Å². The second-order valence-corrected chi connectivity index (χ2v) is 4.00. The van der Waals surface area contributed by atoms with Crippen LogP contribution in [0.3, 0.4) is 0 Å². The van der Waals surface area contributed by atoms with Gasteiger partial charge in [-0.05, 0) is 6.07 Å². The zero-order chi connectivity index (χ0) is 11.0. The Morgan fingerprint density at radius 3 is 3.19 bits per heavy atom. The molecule has 0 saturated heterocycles. The van der Waals surface area contributed by atoms with Gasteiger partial charge in [-0.25, -0.2) is 9.97 Å². The molecule has 3 heterocycles. The summed E-state index contributed by atoms with van der Waals surface area (Å²) in [6.45, 7) is 0.0369. The van der Waals surface area contributed by atoms with E-state index in [2.05, 4.69) is 15.3 Å². The molecule has 0 saturated carbocycles. The first-order valence-electron chi connectivity index (χ1n) is 4.64. The molecule has 0 unspecified atom stereocenters. The van der Waals surface area contributed by atoms with Crippen LogP contribution in [0.5, 0.6) is 5.75 Å². The molecule has 1 aliphatic heterocycles. The third-order valence-electron chi connectivity index (χ3n) is 2.20. The van der Waals surface area contributed by atoms with Crippen LogP contribution in [0.2, 0.25) is 0 Å². The van der Waals surface area contributed by atoms with Gasteiger partial charge in [0.1, 0.15) is 0 Å². The Labute approximate surface area is 95.1 Å². The van der Waals surface area contributed by atoms with Gasteiger partial charge < -0.3 is 10.1 Å². The monoisotopic (exact) mass is 233 g/mol. The van der Waals surface area contributed by atoms with Crippen LogP contribution in [0.1, 0.15) is 0 Å². The van der Waals surface area contributed by atoms with Gasteiger partial charge in [0.25, 0.3) is 5.91 Å². The number of rotatable bonds is 1. The second-order valence-electron chi connectivity index (χ2n) is 3.28. The predicted molar refractivity (Wildman–Crippen MR) is 59.5 cm³/mol. The molecule has 1 amide bonds. The Balaban J connectivity index is 2.03. The summed E-state index contributed by atoms with van der Waals surface area (Å²) in [5, 5.41) is 4.57. The normalized spacial score (nSPS) is 13.9. The van der Waals surface area contributed by atoms with E-state index >= 15 is 0 Å². The van der Waals surface area contributed by atoms with Gasteiger partial charge in [0.05, 0.1) is 11.2 Å². The first kappa shape index (κ1) is 9.29. The lowest BCUT2D eigenvalue weighted by atomic mass is 10.2. The van der Waals surface area contributed by atoms with E-state index in [1.165, 1.54) is 11.3 Å². The molecular formula is C10H7N3O2S. The number of fused-ring (bicyclic) bond motifs is 1. The van der Waals surface area contributed by atoms with Gasteiger partial charge in [0, 0.05) is 17.1 Å². The van der Waals surface area contributed by atoms with Crippen molar-refractivity contribution >= 4 is 23.1 Å². The van der Waals surface area contributed by atoms with Gasteiger partial charge in [0.2, 0.25) is 0 Å². The molecule has 80 valence electrons. The third kappa shape index (κ3) is 1.53. The first-order valence-corrected chi connectivity index (χ1v) is 5.58. The molecule has 0 aromatic carbocycles. The van der Waals surface area contributed by atoms with Gasteiger partial charge in [-0.3, -0.25) is 4.79 Å². The molecule has 1 aliphatic rings. The summed E-state index contributed by atoms with van der Waals surface area (Å²) in [5.41, 5.74) is 3.51. The molecule has 16 heavy (non-hydrogen) atoms. The van der Waals surface area contributed by atoms with Crippen molar-refractivity contribution in [3.63, 3.8) is 0 Å². The SMILES string of the molecule is O=C1COc2cc(-c3cscn3)cnc2N1. The van der Waals surface area contributed by atoms with Crippen LogP contribution < -0.4 is 10.1 Å². The van der Waals surface area contributed by atoms with Gasteiger partial charge in [0.15, 0.2) is 18.2 Å². The predicted octanol–water partition coefficient (Wildman–Crippen LogP) is 1.54. The summed E-state index contributed by atoms with van der Waals surface area (Å²) in [6, 6.07) is 1.83. The number of thiazole rings is 1. The van der Waals surface area contributed by atoms with Crippen LogP contribution in [0.4, 0.5) is 5.82 Å². The molecule has 2 aromatic heterocycles. The number of ether oxygens (including phenoxy) is 1. The summed E-state index contributed by atoms with van der Waals surface area (Å²) >= 11 is 1.52. The van der Waals surface area contributed by atoms with Crippen molar-refractivity contribution in [2.45, 2.75) is 0 Å². The number of nitrogens with one attached hydrogen (secondary N) is 1. The van der Waals surface area contributed by atoms with Gasteiger partial charge in [-0.1, -0.05) is 0 Å². The summed E-state index contributed by atoms with van der Waals surface area (Å²) in [7, 11) is 0. The van der Waals surface area contributed by atoms with E-state index in [0.717, 1.165) is 11.3 Å². The summed E-state index contributed by atoms with van der Waals surface area (Å²) in [4.78, 5) is 19.4. The van der Waals surface area contributed by atoms with Crippen molar-refractivity contribution in [3.8, 4) is 17.0 Å². The van der Waals surface area contributed by atoms with E-state index in [9.17, 15) is 4.79 Å². The Kier molecular flexibility index (Phi) is 2.07. The Hall–Kier alpha value is -1.95. The molecule has 0 spiro atoms. The van der Waals surface area contributed by atoms with Crippen LogP contribution in [0, 0.1) is 0 Å². The van der Waals surface area contributed by atoms with Crippen LogP contribution in [-0.4, -0.2) is 22.5 Å². The minimum absolute atomic E-state index is 0.0369. The maximum absolute atomic E-state index is 11.1. The number of hydrogen-bond acceptors (Lipinski definition) is 5. The van der Waals surface area contributed by atoms with Crippen molar-refractivity contribution < 1.29 is 9.53 Å². The number of carbonyl (C=O) groups excluding carboxylic acids is 1. The lowest BCUT2D eigenvalue weighted by molar-refractivity contribution is -0.118. The zero-order valence-electron chi connectivity index (χ0n) is 8.14. The minimum Gasteiger partial charge on any atom is -0.480 e. The number of hydrogen-bond donors (Lipinski definition) is 1. The molecule has 6 heteroatoms. The van der Waals surface area contributed by atoms with Gasteiger partial charge >= 0.3 is 0 Å². The Morgan fingerprint density at radius 1 is 1.44 bits per heavy atom. The Bertz CT molecular complexity index is 539. The maximum Gasteiger partial charge on any atom is 0.263 e. The van der Waals surface area contributed by atoms with Crippen LogP contribution in [0.25, 0.3) is 11.3 Å². The third-order valence-corrected chi connectivity index (χ3v) is 2.78. The highest BCUT2D eigenvalue weighted by atomic mass is 32.1. The maximum atomic E-state index is 11.1. The van der Waals surface area contributed by atoms with Crippen molar-refractivity contribution in [2.24, 2.45) is 0 Å². The molecule has 0 bridgehead atoms. The highest BCUT2D eigenvalue weighted by Crippen LogP contribution is 2.30. The average Bonchev–Trinajstić information content (AvgIpc) is 2.82. The smallest absolute Gasteiger partial charge is 0.263 e. The Morgan fingerprint density at radius 2 is 2.38 bits per heavy atom. The van der Waals surface area contributed by atoms with E-state index < -0.39 is 0 Å². The van der Waals surface area contributed by atoms with Crippen molar-refractivity contribution in [3.05, 3.63) is 23.2 Å². The van der Waals surface area contributed by atoms with Crippen LogP contribution in [0.15, 0.2) is 23.2 Å². The fourth-order valence-electron chi connectivity index (χ4n) is 1.46. The van der Waals surface area contributed by atoms with Crippen LogP contribution in [-0.2, 0) is 4.79 Å². The average molecular weight is 233 g/mol. The van der Waals surface area contributed by atoms with E-state index in [1.54, 1.807) is 11.7 Å². The highest BCUT2D eigenvalue weighted by molar-refractivity contribution is 7.07. The molecule has 2 aromatic rings. The number of amides is 1. The molecule has 0 atom stereocenters. The number of nitrogens with zero attached hydrogens (tertiary/aromatic N) is 2. The zero-order valence-corrected chi connectivity index (χ0v) is 8.95. The lowest BCUT2D eigenvalue weighted by Gasteiger charge is -2.16. The summed E-state index contributed by atoms with van der Waals surface area (Å²) in [6.07, 6.45) is 1.67. The topological polar surface area (TPSA) is 64.1 Å². The number of pyridine rings is 1. The lowest BCUT2D eigenvalue weighted by Crippen LogP contribution is -2.26. The standard InChI is InChI=1S/C10H7N3O2S/c14-9-3-15-8-1-6(2-11-10(8)13-9)7-4-16-5-12-7/h1-2,4-5H,3H2,(H,11,13,14). The fraction of sp³-hybridized carbons (Fsp3) is 0.100. The fourth-order valence-corrected chi connectivity index (χ4v) is 2.02. The summed E-state index contributed by atoms with van der Waals surface area (Å²) < 4.78 is 5.28. The summed E-state index contributed by atoms with van der Waals surface area (Å²) in [5.74, 6) is 0.877. The highest BCUT2D eigenvalue weighted by Gasteiger charge is 2.17. The molecule has 0 radical (unpaired) electrons. The molecule has 3 rings (SSSR count). The quantitative estimate of drug-likeness (QED) is 0.811. The van der Waals surface area contributed by atoms with E-state index in [-0.39, 0.29) is 12.5 Å². The van der Waals surface area contributed by atoms with E-state index in [1.807, 2.05) is 11.4 Å². The molecule has 5 nitrogen and oxygen atoms in total. The number of aromatic nitrogens is 2. The molecule has 0 aliphatic carbocycles. The van der Waals surface area contributed by atoms with Gasteiger partial charge in [-0.2, -0.15) is 0 Å². The largest absolute Gasteiger partial charge is 0.480 e. The minimum atomic E-state index is -0.179. The van der Waals surface area contributed by atoms with Crippen molar-refractivity contribution in [1.82, 2.24) is 9.97 Å². The molecule has 0 fully saturated rings. The molecular weight excluding hydrogens is 226 g/mol. The number of carbonyl (C=O) groups is 1. The number of anilines is 1. The van der Waals surface area contributed by atoms with Crippen LogP contribution >= 0.6 is 11.3 Å². The second kappa shape index (κ2) is 3.57. The van der Waals surface area contributed by atoms with Crippen molar-refractivity contribution in [2.75, 3.05) is 11.9 Å². The first-order chi connectivity index (χ1) is 7.83. The van der Waals surface area contributed by atoms with Gasteiger partial charge in [-0.15, -0.1) is 11.3 Å². The van der Waals surface area contributed by atoms with E-state index in [0.29, 0.717) is 11.6 Å². The molecule has 1 N–H and O–H groups in total.